The van der Waals surface area contributed by atoms with Crippen molar-refractivity contribution >= 4 is 23.7 Å². The van der Waals surface area contributed by atoms with Gasteiger partial charge in [0, 0.05) is 25.6 Å². The summed E-state index contributed by atoms with van der Waals surface area (Å²) >= 11 is 5.98. The topological polar surface area (TPSA) is 81.6 Å². The van der Waals surface area contributed by atoms with Crippen LogP contribution in [0, 0.1) is 6.92 Å². The molecule has 7 nitrogen and oxygen atoms in total. The molecule has 1 saturated heterocycles. The fraction of sp³-hybridized carbons (Fsp3) is 0.478. The van der Waals surface area contributed by atoms with E-state index in [0.717, 1.165) is 5.56 Å². The number of carbonyl (C=O) groups is 2. The Morgan fingerprint density at radius 2 is 1.97 bits per heavy atom. The van der Waals surface area contributed by atoms with Crippen LogP contribution in [0.15, 0.2) is 36.5 Å². The van der Waals surface area contributed by atoms with Crippen LogP contribution in [-0.2, 0) is 20.9 Å². The Kier molecular flexibility index (Phi) is 7.03. The van der Waals surface area contributed by atoms with Gasteiger partial charge in [0.15, 0.2) is 0 Å². The van der Waals surface area contributed by atoms with Crippen molar-refractivity contribution in [2.24, 2.45) is 0 Å². The Morgan fingerprint density at radius 3 is 2.62 bits per heavy atom. The number of esters is 1. The molecule has 0 saturated carbocycles. The van der Waals surface area contributed by atoms with Crippen LogP contribution < -0.4 is 0 Å². The Morgan fingerprint density at radius 1 is 1.28 bits per heavy atom. The van der Waals surface area contributed by atoms with Gasteiger partial charge in [0.05, 0.1) is 11.7 Å². The van der Waals surface area contributed by atoms with E-state index >= 15 is 4.39 Å². The highest BCUT2D eigenvalue weighted by Gasteiger charge is 2.50. The van der Waals surface area contributed by atoms with Crippen molar-refractivity contribution in [3.63, 3.8) is 0 Å². The molecule has 172 valence electrons. The van der Waals surface area contributed by atoms with Crippen LogP contribution in [0.4, 0.5) is 9.18 Å². The molecule has 0 N–H and O–H groups in total. The zero-order chi connectivity index (χ0) is 23.5. The van der Waals surface area contributed by atoms with E-state index < -0.39 is 29.4 Å². The minimum absolute atomic E-state index is 0.0311. The number of rotatable bonds is 4. The number of aryl methyl sites for hydroxylation is 1. The predicted octanol–water partition coefficient (Wildman–Crippen LogP) is 4.96. The molecular formula is C23H27ClFN3O4. The molecule has 32 heavy (non-hydrogen) atoms. The van der Waals surface area contributed by atoms with Gasteiger partial charge >= 0.3 is 12.1 Å². The lowest BCUT2D eigenvalue weighted by Gasteiger charge is -2.41. The summed E-state index contributed by atoms with van der Waals surface area (Å²) in [6, 6.07) is 8.18. The molecule has 1 aliphatic rings. The van der Waals surface area contributed by atoms with Crippen LogP contribution in [0.2, 0.25) is 5.28 Å². The normalized spacial score (nSPS) is 21.2. The highest BCUT2D eigenvalue weighted by atomic mass is 35.5. The van der Waals surface area contributed by atoms with Crippen molar-refractivity contribution in [3.8, 4) is 0 Å². The van der Waals surface area contributed by atoms with Gasteiger partial charge in [-0.3, -0.25) is 4.90 Å². The quantitative estimate of drug-likeness (QED) is 0.470. The van der Waals surface area contributed by atoms with Crippen LogP contribution >= 0.6 is 11.6 Å². The van der Waals surface area contributed by atoms with Crippen molar-refractivity contribution in [2.75, 3.05) is 6.54 Å². The molecule has 1 fully saturated rings. The number of piperidine rings is 1. The van der Waals surface area contributed by atoms with Crippen LogP contribution in [0.1, 0.15) is 56.5 Å². The highest BCUT2D eigenvalue weighted by Crippen LogP contribution is 2.41. The molecule has 0 radical (unpaired) electrons. The molecule has 2 unspecified atom stereocenters. The van der Waals surface area contributed by atoms with Crippen molar-refractivity contribution < 1.29 is 23.5 Å². The maximum atomic E-state index is 15.9. The van der Waals surface area contributed by atoms with Crippen LogP contribution in [0.3, 0.4) is 0 Å². The zero-order valence-corrected chi connectivity index (χ0v) is 19.4. The van der Waals surface area contributed by atoms with E-state index in [1.165, 1.54) is 11.1 Å². The molecule has 1 aromatic carbocycles. The number of ether oxygens (including phenoxy) is 2. The second-order valence-corrected chi connectivity index (χ2v) is 9.22. The standard InChI is InChI=1S/C23H27ClFN3O4/c1-15-13-26-20(24)27-18(15)17-12-23(25,10-11-28(17)21(30)32-22(2,3)4)19(29)31-14-16-8-6-5-7-9-16/h5-9,13,17H,10-12,14H2,1-4H3. The summed E-state index contributed by atoms with van der Waals surface area (Å²) in [6.45, 7) is 6.90. The number of likely N-dealkylation sites (tertiary alicyclic amines) is 1. The smallest absolute Gasteiger partial charge is 0.410 e. The molecule has 0 bridgehead atoms. The van der Waals surface area contributed by atoms with Gasteiger partial charge in [-0.2, -0.15) is 0 Å². The first-order valence-corrected chi connectivity index (χ1v) is 10.7. The van der Waals surface area contributed by atoms with Crippen molar-refractivity contribution in [1.82, 2.24) is 14.9 Å². The van der Waals surface area contributed by atoms with Crippen LogP contribution in [0.5, 0.6) is 0 Å². The second-order valence-electron chi connectivity index (χ2n) is 8.88. The monoisotopic (exact) mass is 463 g/mol. The van der Waals surface area contributed by atoms with E-state index in [-0.39, 0.29) is 31.3 Å². The van der Waals surface area contributed by atoms with Gasteiger partial charge < -0.3 is 9.47 Å². The zero-order valence-electron chi connectivity index (χ0n) is 18.6. The summed E-state index contributed by atoms with van der Waals surface area (Å²) in [7, 11) is 0. The summed E-state index contributed by atoms with van der Waals surface area (Å²) in [6.07, 6.45) is 0.346. The average molecular weight is 464 g/mol. The van der Waals surface area contributed by atoms with E-state index in [2.05, 4.69) is 9.97 Å². The number of alkyl halides is 1. The lowest BCUT2D eigenvalue weighted by Crippen LogP contribution is -2.51. The first kappa shape index (κ1) is 23.9. The number of benzene rings is 1. The van der Waals surface area contributed by atoms with E-state index in [1.807, 2.05) is 18.2 Å². The van der Waals surface area contributed by atoms with Gasteiger partial charge in [0.25, 0.3) is 0 Å². The third-order valence-corrected chi connectivity index (χ3v) is 5.33. The van der Waals surface area contributed by atoms with Gasteiger partial charge in [-0.1, -0.05) is 30.3 Å². The predicted molar refractivity (Wildman–Crippen MR) is 117 cm³/mol. The van der Waals surface area contributed by atoms with Crippen LogP contribution in [0.25, 0.3) is 0 Å². The van der Waals surface area contributed by atoms with Gasteiger partial charge in [0.1, 0.15) is 12.2 Å². The summed E-state index contributed by atoms with van der Waals surface area (Å²) < 4.78 is 26.7. The summed E-state index contributed by atoms with van der Waals surface area (Å²) in [5.74, 6) is -0.965. The second kappa shape index (κ2) is 9.40. The first-order valence-electron chi connectivity index (χ1n) is 10.4. The number of aromatic nitrogens is 2. The average Bonchev–Trinajstić information content (AvgIpc) is 2.73. The molecule has 2 atom stereocenters. The molecular weight excluding hydrogens is 437 g/mol. The van der Waals surface area contributed by atoms with Gasteiger partial charge in [-0.05, 0) is 50.4 Å². The summed E-state index contributed by atoms with van der Waals surface area (Å²) in [5, 5.41) is -0.0311. The summed E-state index contributed by atoms with van der Waals surface area (Å²) in [4.78, 5) is 35.2. The third-order valence-electron chi connectivity index (χ3n) is 5.15. The minimum atomic E-state index is -2.29. The van der Waals surface area contributed by atoms with Gasteiger partial charge in [-0.25, -0.2) is 23.9 Å². The van der Waals surface area contributed by atoms with E-state index in [1.54, 1.807) is 39.8 Å². The summed E-state index contributed by atoms with van der Waals surface area (Å²) in [5.41, 5.74) is -1.28. The molecule has 9 heteroatoms. The molecule has 3 rings (SSSR count). The Balaban J connectivity index is 1.85. The first-order chi connectivity index (χ1) is 15.0. The maximum Gasteiger partial charge on any atom is 0.410 e. The number of halogens is 2. The SMILES string of the molecule is Cc1cnc(Cl)nc1C1CC(F)(C(=O)OCc2ccccc2)CCN1C(=O)OC(C)(C)C. The van der Waals surface area contributed by atoms with Crippen LogP contribution in [-0.4, -0.2) is 44.7 Å². The molecule has 0 aliphatic carbocycles. The molecule has 2 heterocycles. The molecule has 1 amide bonds. The number of nitrogens with zero attached hydrogens (tertiary/aromatic N) is 3. The number of hydrogen-bond acceptors (Lipinski definition) is 6. The Hall–Kier alpha value is -2.74. The number of hydrogen-bond donors (Lipinski definition) is 0. The lowest BCUT2D eigenvalue weighted by molar-refractivity contribution is -0.164. The van der Waals surface area contributed by atoms with E-state index in [0.29, 0.717) is 11.3 Å². The molecule has 1 aliphatic heterocycles. The number of carbonyl (C=O) groups excluding carboxylic acids is 2. The number of amides is 1. The minimum Gasteiger partial charge on any atom is -0.458 e. The third kappa shape index (κ3) is 5.73. The molecule has 1 aromatic heterocycles. The van der Waals surface area contributed by atoms with E-state index in [9.17, 15) is 9.59 Å². The van der Waals surface area contributed by atoms with Crippen molar-refractivity contribution in [1.29, 1.82) is 0 Å². The van der Waals surface area contributed by atoms with Gasteiger partial charge in [0.2, 0.25) is 11.0 Å². The largest absolute Gasteiger partial charge is 0.458 e. The lowest BCUT2D eigenvalue weighted by atomic mass is 9.85. The van der Waals surface area contributed by atoms with Crippen molar-refractivity contribution in [3.05, 3.63) is 58.6 Å². The highest BCUT2D eigenvalue weighted by molar-refractivity contribution is 6.28. The van der Waals surface area contributed by atoms with Crippen molar-refractivity contribution in [2.45, 2.75) is 64.5 Å². The Labute approximate surface area is 191 Å². The maximum absolute atomic E-state index is 15.9. The molecule has 0 spiro atoms. The fourth-order valence-electron chi connectivity index (χ4n) is 3.56. The fourth-order valence-corrected chi connectivity index (χ4v) is 3.70. The van der Waals surface area contributed by atoms with Gasteiger partial charge in [-0.15, -0.1) is 0 Å². The van der Waals surface area contributed by atoms with E-state index in [4.69, 9.17) is 21.1 Å². The molecule has 2 aromatic rings. The Bertz CT molecular complexity index is 983.